The molecule has 1 aliphatic heterocycles. The van der Waals surface area contributed by atoms with E-state index in [1.165, 1.54) is 29.5 Å². The molecule has 0 spiro atoms. The standard InChI is InChI=1S/C21H19ClF3N3O3S/c22-18-9-13(12-32-18)16-10-14(27-28(16)19-7-3-4-8-30-19)11-26-20(29)15-5-1-2-6-17(15)31-21(23,24)25/h1-2,5-6,9-10,12,19H,3-4,7-8,11H2,(H,26,29). The van der Waals surface area contributed by atoms with Crippen LogP contribution in [-0.2, 0) is 11.3 Å². The van der Waals surface area contributed by atoms with Gasteiger partial charge in [-0.25, -0.2) is 4.68 Å². The van der Waals surface area contributed by atoms with E-state index < -0.39 is 18.0 Å². The van der Waals surface area contributed by atoms with Crippen LogP contribution in [0.25, 0.3) is 11.3 Å². The van der Waals surface area contributed by atoms with Gasteiger partial charge in [-0.15, -0.1) is 24.5 Å². The van der Waals surface area contributed by atoms with E-state index in [2.05, 4.69) is 15.2 Å². The van der Waals surface area contributed by atoms with Gasteiger partial charge in [-0.3, -0.25) is 4.79 Å². The van der Waals surface area contributed by atoms with E-state index in [1.807, 2.05) is 17.5 Å². The topological polar surface area (TPSA) is 65.4 Å². The number of hydrogen-bond donors (Lipinski definition) is 1. The lowest BCUT2D eigenvalue weighted by atomic mass is 10.1. The highest BCUT2D eigenvalue weighted by Crippen LogP contribution is 2.33. The predicted molar refractivity (Wildman–Crippen MR) is 114 cm³/mol. The first-order valence-corrected chi connectivity index (χ1v) is 11.1. The summed E-state index contributed by atoms with van der Waals surface area (Å²) in [6.07, 6.45) is -2.33. The molecule has 11 heteroatoms. The van der Waals surface area contributed by atoms with Crippen molar-refractivity contribution in [2.75, 3.05) is 6.61 Å². The Kier molecular flexibility index (Phi) is 6.73. The van der Waals surface area contributed by atoms with Gasteiger partial charge >= 0.3 is 6.36 Å². The smallest absolute Gasteiger partial charge is 0.405 e. The molecule has 0 aliphatic carbocycles. The number of alkyl halides is 3. The van der Waals surface area contributed by atoms with Gasteiger partial charge in [-0.2, -0.15) is 5.10 Å². The minimum absolute atomic E-state index is 0.0176. The third-order valence-corrected chi connectivity index (χ3v) is 5.96. The van der Waals surface area contributed by atoms with Gasteiger partial charge in [0.25, 0.3) is 5.91 Å². The largest absolute Gasteiger partial charge is 0.573 e. The summed E-state index contributed by atoms with van der Waals surface area (Å²) in [4.78, 5) is 12.6. The second kappa shape index (κ2) is 9.51. The Balaban J connectivity index is 1.54. The molecule has 1 fully saturated rings. The van der Waals surface area contributed by atoms with E-state index in [0.29, 0.717) is 16.6 Å². The van der Waals surface area contributed by atoms with Gasteiger partial charge < -0.3 is 14.8 Å². The van der Waals surface area contributed by atoms with Crippen molar-refractivity contribution >= 4 is 28.8 Å². The van der Waals surface area contributed by atoms with Crippen LogP contribution < -0.4 is 10.1 Å². The number of carbonyl (C=O) groups is 1. The third-order valence-electron chi connectivity index (χ3n) is 4.87. The highest BCUT2D eigenvalue weighted by Gasteiger charge is 2.33. The fourth-order valence-corrected chi connectivity index (χ4v) is 4.34. The van der Waals surface area contributed by atoms with E-state index >= 15 is 0 Å². The molecule has 0 saturated carbocycles. The summed E-state index contributed by atoms with van der Waals surface area (Å²) in [6, 6.07) is 8.83. The molecular weight excluding hydrogens is 467 g/mol. The van der Waals surface area contributed by atoms with Gasteiger partial charge in [0.1, 0.15) is 5.75 Å². The van der Waals surface area contributed by atoms with Crippen LogP contribution in [0.1, 0.15) is 41.5 Å². The molecule has 3 heterocycles. The number of nitrogens with one attached hydrogen (secondary N) is 1. The first-order valence-electron chi connectivity index (χ1n) is 9.87. The Morgan fingerprint density at radius 2 is 2.12 bits per heavy atom. The SMILES string of the molecule is O=C(NCc1cc(-c2csc(Cl)c2)n(C2CCCCO2)n1)c1ccccc1OC(F)(F)F. The zero-order valence-electron chi connectivity index (χ0n) is 16.7. The van der Waals surface area contributed by atoms with Crippen molar-refractivity contribution in [3.8, 4) is 17.0 Å². The molecule has 1 aromatic carbocycles. The summed E-state index contributed by atoms with van der Waals surface area (Å²) in [6.45, 7) is 0.653. The van der Waals surface area contributed by atoms with Crippen LogP contribution in [0.15, 0.2) is 41.8 Å². The molecule has 1 aliphatic rings. The molecule has 1 N–H and O–H groups in total. The number of rotatable bonds is 6. The summed E-state index contributed by atoms with van der Waals surface area (Å²) < 4.78 is 50.1. The first-order chi connectivity index (χ1) is 15.3. The Hall–Kier alpha value is -2.56. The Morgan fingerprint density at radius 1 is 1.31 bits per heavy atom. The molecule has 170 valence electrons. The van der Waals surface area contributed by atoms with Crippen molar-refractivity contribution in [2.24, 2.45) is 0 Å². The molecule has 1 atom stereocenters. The van der Waals surface area contributed by atoms with E-state index in [1.54, 1.807) is 4.68 Å². The van der Waals surface area contributed by atoms with E-state index in [0.717, 1.165) is 36.6 Å². The molecule has 0 bridgehead atoms. The van der Waals surface area contributed by atoms with Gasteiger partial charge in [0.15, 0.2) is 6.23 Å². The molecule has 3 aromatic rings. The fourth-order valence-electron chi connectivity index (χ4n) is 3.46. The van der Waals surface area contributed by atoms with Crippen molar-refractivity contribution in [3.05, 3.63) is 57.4 Å². The molecule has 32 heavy (non-hydrogen) atoms. The average Bonchev–Trinajstić information content (AvgIpc) is 3.38. The molecule has 1 saturated heterocycles. The highest BCUT2D eigenvalue weighted by atomic mass is 35.5. The number of nitrogens with zero attached hydrogens (tertiary/aromatic N) is 2. The van der Waals surface area contributed by atoms with Gasteiger partial charge in [0, 0.05) is 17.6 Å². The Bertz CT molecular complexity index is 1090. The van der Waals surface area contributed by atoms with Gasteiger partial charge in [-0.1, -0.05) is 23.7 Å². The van der Waals surface area contributed by atoms with E-state index in [4.69, 9.17) is 16.3 Å². The lowest BCUT2D eigenvalue weighted by molar-refractivity contribution is -0.274. The van der Waals surface area contributed by atoms with Crippen LogP contribution in [-0.4, -0.2) is 28.7 Å². The van der Waals surface area contributed by atoms with Crippen molar-refractivity contribution < 1.29 is 27.4 Å². The molecular formula is C21H19ClF3N3O3S. The maximum Gasteiger partial charge on any atom is 0.573 e. The normalized spacial score (nSPS) is 16.7. The Morgan fingerprint density at radius 3 is 2.81 bits per heavy atom. The van der Waals surface area contributed by atoms with Crippen molar-refractivity contribution in [1.29, 1.82) is 0 Å². The summed E-state index contributed by atoms with van der Waals surface area (Å²) in [7, 11) is 0. The van der Waals surface area contributed by atoms with Crippen LogP contribution in [0.3, 0.4) is 0 Å². The Labute approximate surface area is 190 Å². The van der Waals surface area contributed by atoms with Crippen LogP contribution in [0, 0.1) is 0 Å². The van der Waals surface area contributed by atoms with Crippen molar-refractivity contribution in [2.45, 2.75) is 38.4 Å². The third kappa shape index (κ3) is 5.43. The number of hydrogen-bond acceptors (Lipinski definition) is 5. The highest BCUT2D eigenvalue weighted by molar-refractivity contribution is 7.14. The van der Waals surface area contributed by atoms with Gasteiger partial charge in [0.2, 0.25) is 0 Å². The number of aromatic nitrogens is 2. The summed E-state index contributed by atoms with van der Waals surface area (Å²) >= 11 is 7.49. The van der Waals surface area contributed by atoms with Gasteiger partial charge in [-0.05, 0) is 43.5 Å². The molecule has 2 aromatic heterocycles. The average molecular weight is 486 g/mol. The fraction of sp³-hybridized carbons (Fsp3) is 0.333. The number of benzene rings is 1. The maximum absolute atomic E-state index is 12.6. The minimum atomic E-state index is -4.90. The second-order valence-electron chi connectivity index (χ2n) is 7.15. The van der Waals surface area contributed by atoms with Crippen molar-refractivity contribution in [1.82, 2.24) is 15.1 Å². The van der Waals surface area contributed by atoms with Crippen LogP contribution in [0.4, 0.5) is 13.2 Å². The predicted octanol–water partition coefficient (Wildman–Crippen LogP) is 5.79. The summed E-state index contributed by atoms with van der Waals surface area (Å²) in [5, 5.41) is 9.12. The molecule has 0 radical (unpaired) electrons. The molecule has 6 nitrogen and oxygen atoms in total. The van der Waals surface area contributed by atoms with Crippen molar-refractivity contribution in [3.63, 3.8) is 0 Å². The maximum atomic E-state index is 12.6. The molecule has 1 amide bonds. The lowest BCUT2D eigenvalue weighted by Gasteiger charge is -2.24. The lowest BCUT2D eigenvalue weighted by Crippen LogP contribution is -2.26. The number of para-hydroxylation sites is 1. The first kappa shape index (κ1) is 22.6. The number of ether oxygens (including phenoxy) is 2. The second-order valence-corrected chi connectivity index (χ2v) is 8.70. The quantitative estimate of drug-likeness (QED) is 0.479. The number of halogens is 4. The minimum Gasteiger partial charge on any atom is -0.405 e. The number of amides is 1. The number of thiophene rings is 1. The van der Waals surface area contributed by atoms with Crippen LogP contribution in [0.2, 0.25) is 4.34 Å². The van der Waals surface area contributed by atoms with Gasteiger partial charge in [0.05, 0.1) is 27.8 Å². The summed E-state index contributed by atoms with van der Waals surface area (Å²) in [5.41, 5.74) is 2.00. The number of carbonyl (C=O) groups excluding carboxylic acids is 1. The zero-order valence-corrected chi connectivity index (χ0v) is 18.3. The van der Waals surface area contributed by atoms with E-state index in [9.17, 15) is 18.0 Å². The molecule has 1 unspecified atom stereocenters. The summed E-state index contributed by atoms with van der Waals surface area (Å²) in [5.74, 6) is -1.26. The van der Waals surface area contributed by atoms with Crippen LogP contribution >= 0.6 is 22.9 Å². The molecule has 4 rings (SSSR count). The zero-order chi connectivity index (χ0) is 22.7. The van der Waals surface area contributed by atoms with E-state index in [-0.39, 0.29) is 18.3 Å². The van der Waals surface area contributed by atoms with Crippen LogP contribution in [0.5, 0.6) is 5.75 Å². The monoisotopic (exact) mass is 485 g/mol.